The first-order chi connectivity index (χ1) is 8.25. The molecular formula is C14H13NO2. The van der Waals surface area contributed by atoms with Crippen molar-refractivity contribution in [3.8, 4) is 0 Å². The molecule has 0 radical (unpaired) electrons. The molecule has 1 aromatic carbocycles. The molecule has 2 saturated carbocycles. The number of rotatable bonds is 1. The lowest BCUT2D eigenvalue weighted by atomic mass is 10.1. The summed E-state index contributed by atoms with van der Waals surface area (Å²) in [7, 11) is 0. The molecule has 2 atom stereocenters. The molecule has 0 bridgehead atoms. The first-order valence-electron chi connectivity index (χ1n) is 6.22. The summed E-state index contributed by atoms with van der Waals surface area (Å²) in [6, 6.07) is 7.31. The number of carbonyl (C=O) groups is 2. The van der Waals surface area contributed by atoms with E-state index in [1.807, 2.05) is 12.1 Å². The predicted octanol–water partition coefficient (Wildman–Crippen LogP) is 2.08. The van der Waals surface area contributed by atoms with Crippen LogP contribution in [0.25, 0.3) is 0 Å². The summed E-state index contributed by atoms with van der Waals surface area (Å²) in [6.45, 7) is 0. The Labute approximate surface area is 99.4 Å². The Morgan fingerprint density at radius 3 is 1.94 bits per heavy atom. The van der Waals surface area contributed by atoms with E-state index >= 15 is 0 Å². The molecule has 17 heavy (non-hydrogen) atoms. The van der Waals surface area contributed by atoms with Crippen LogP contribution < -0.4 is 0 Å². The van der Waals surface area contributed by atoms with Gasteiger partial charge in [-0.3, -0.25) is 14.5 Å². The van der Waals surface area contributed by atoms with Gasteiger partial charge in [-0.05, 0) is 43.2 Å². The molecule has 2 aliphatic carbocycles. The third-order valence-corrected chi connectivity index (χ3v) is 4.41. The summed E-state index contributed by atoms with van der Waals surface area (Å²) in [6.07, 6.45) is 3.35. The minimum atomic E-state index is -0.0862. The lowest BCUT2D eigenvalue weighted by Gasteiger charge is -2.23. The molecule has 0 aromatic heterocycles. The Morgan fingerprint density at radius 1 is 0.882 bits per heavy atom. The Morgan fingerprint density at radius 2 is 1.41 bits per heavy atom. The smallest absolute Gasteiger partial charge is 0.261 e. The Hall–Kier alpha value is -1.64. The number of nitrogens with zero attached hydrogens (tertiary/aromatic N) is 1. The van der Waals surface area contributed by atoms with Crippen molar-refractivity contribution in [2.24, 2.45) is 11.8 Å². The van der Waals surface area contributed by atoms with E-state index in [9.17, 15) is 9.59 Å². The van der Waals surface area contributed by atoms with Crippen LogP contribution in [0.15, 0.2) is 24.3 Å². The third-order valence-electron chi connectivity index (χ3n) is 4.41. The van der Waals surface area contributed by atoms with Gasteiger partial charge in [0.2, 0.25) is 0 Å². The highest BCUT2D eigenvalue weighted by Crippen LogP contribution is 2.53. The number of carbonyl (C=O) groups excluding carboxylic acids is 2. The van der Waals surface area contributed by atoms with E-state index in [0.717, 1.165) is 24.7 Å². The standard InChI is InChI=1S/C14H13NO2/c16-13-11-3-1-2-4-12(11)14(17)15(13)10-6-8-5-9(8)7-10/h1-4,8-10H,5-7H2/t8-,9-/m0/s1. The van der Waals surface area contributed by atoms with Gasteiger partial charge in [0, 0.05) is 6.04 Å². The van der Waals surface area contributed by atoms with Gasteiger partial charge >= 0.3 is 0 Å². The van der Waals surface area contributed by atoms with Gasteiger partial charge in [0.1, 0.15) is 0 Å². The van der Waals surface area contributed by atoms with E-state index in [-0.39, 0.29) is 17.9 Å². The van der Waals surface area contributed by atoms with Crippen molar-refractivity contribution in [2.75, 3.05) is 0 Å². The molecule has 3 heteroatoms. The second kappa shape index (κ2) is 2.97. The van der Waals surface area contributed by atoms with E-state index in [0.29, 0.717) is 11.1 Å². The van der Waals surface area contributed by atoms with Crippen LogP contribution in [0.1, 0.15) is 40.0 Å². The van der Waals surface area contributed by atoms with Gasteiger partial charge < -0.3 is 0 Å². The Kier molecular flexibility index (Phi) is 1.64. The number of benzene rings is 1. The molecule has 1 heterocycles. The molecule has 0 saturated heterocycles. The van der Waals surface area contributed by atoms with Crippen molar-refractivity contribution >= 4 is 11.8 Å². The largest absolute Gasteiger partial charge is 0.271 e. The van der Waals surface area contributed by atoms with Gasteiger partial charge in [-0.2, -0.15) is 0 Å². The molecule has 86 valence electrons. The van der Waals surface area contributed by atoms with Gasteiger partial charge in [0.25, 0.3) is 11.8 Å². The number of hydrogen-bond acceptors (Lipinski definition) is 2. The molecule has 3 aliphatic rings. The Bertz CT molecular complexity index is 492. The summed E-state index contributed by atoms with van der Waals surface area (Å²) in [5.74, 6) is 1.39. The molecule has 0 unspecified atom stereocenters. The fourth-order valence-corrected chi connectivity index (χ4v) is 3.43. The number of amides is 2. The third kappa shape index (κ3) is 1.17. The zero-order valence-corrected chi connectivity index (χ0v) is 9.43. The van der Waals surface area contributed by atoms with Gasteiger partial charge in [-0.15, -0.1) is 0 Å². The van der Waals surface area contributed by atoms with Crippen LogP contribution in [0.3, 0.4) is 0 Å². The molecular weight excluding hydrogens is 214 g/mol. The van der Waals surface area contributed by atoms with E-state index in [1.165, 1.54) is 11.3 Å². The fraction of sp³-hybridized carbons (Fsp3) is 0.429. The second-order valence-electron chi connectivity index (χ2n) is 5.41. The molecule has 4 rings (SSSR count). The van der Waals surface area contributed by atoms with E-state index in [1.54, 1.807) is 12.1 Å². The first-order valence-corrected chi connectivity index (χ1v) is 6.22. The van der Waals surface area contributed by atoms with Gasteiger partial charge in [0.05, 0.1) is 11.1 Å². The summed E-state index contributed by atoms with van der Waals surface area (Å²) in [4.78, 5) is 26.0. The van der Waals surface area contributed by atoms with E-state index in [2.05, 4.69) is 0 Å². The topological polar surface area (TPSA) is 37.4 Å². The minimum Gasteiger partial charge on any atom is -0.271 e. The summed E-state index contributed by atoms with van der Waals surface area (Å²) in [5.41, 5.74) is 1.16. The van der Waals surface area contributed by atoms with Gasteiger partial charge in [-0.1, -0.05) is 12.1 Å². The highest BCUT2D eigenvalue weighted by atomic mass is 16.2. The minimum absolute atomic E-state index is 0.0862. The van der Waals surface area contributed by atoms with Crippen LogP contribution in [-0.4, -0.2) is 22.8 Å². The number of hydrogen-bond donors (Lipinski definition) is 0. The first kappa shape index (κ1) is 9.40. The van der Waals surface area contributed by atoms with E-state index < -0.39 is 0 Å². The number of imide groups is 1. The van der Waals surface area contributed by atoms with Crippen LogP contribution in [0, 0.1) is 11.8 Å². The number of fused-ring (bicyclic) bond motifs is 2. The van der Waals surface area contributed by atoms with Crippen molar-refractivity contribution in [3.63, 3.8) is 0 Å². The zero-order valence-electron chi connectivity index (χ0n) is 9.43. The summed E-state index contributed by atoms with van der Waals surface area (Å²) < 4.78 is 0. The highest BCUT2D eigenvalue weighted by Gasteiger charge is 2.51. The maximum absolute atomic E-state index is 12.2. The maximum Gasteiger partial charge on any atom is 0.261 e. The van der Waals surface area contributed by atoms with Crippen LogP contribution in [0.5, 0.6) is 0 Å². The predicted molar refractivity (Wildman–Crippen MR) is 61.6 cm³/mol. The molecule has 1 aliphatic heterocycles. The van der Waals surface area contributed by atoms with Crippen molar-refractivity contribution in [1.82, 2.24) is 4.90 Å². The summed E-state index contributed by atoms with van der Waals surface area (Å²) >= 11 is 0. The second-order valence-corrected chi connectivity index (χ2v) is 5.41. The normalized spacial score (nSPS) is 30.7. The van der Waals surface area contributed by atoms with Gasteiger partial charge in [0.15, 0.2) is 0 Å². The molecule has 0 spiro atoms. The average Bonchev–Trinajstić information content (AvgIpc) is 2.87. The summed E-state index contributed by atoms with van der Waals surface area (Å²) in [5, 5.41) is 0. The maximum atomic E-state index is 12.2. The lowest BCUT2D eigenvalue weighted by Crippen LogP contribution is -2.38. The fourth-order valence-electron chi connectivity index (χ4n) is 3.43. The molecule has 0 N–H and O–H groups in total. The van der Waals surface area contributed by atoms with Crippen molar-refractivity contribution in [3.05, 3.63) is 35.4 Å². The quantitative estimate of drug-likeness (QED) is 0.689. The van der Waals surface area contributed by atoms with E-state index in [4.69, 9.17) is 0 Å². The molecule has 3 nitrogen and oxygen atoms in total. The van der Waals surface area contributed by atoms with Crippen LogP contribution in [0.2, 0.25) is 0 Å². The van der Waals surface area contributed by atoms with Crippen LogP contribution in [-0.2, 0) is 0 Å². The molecule has 2 amide bonds. The van der Waals surface area contributed by atoms with Crippen molar-refractivity contribution in [1.29, 1.82) is 0 Å². The average molecular weight is 227 g/mol. The SMILES string of the molecule is O=C1c2ccccc2C(=O)N1C1C[C@@H]2C[C@H]2C1. The Balaban J connectivity index is 1.71. The van der Waals surface area contributed by atoms with Crippen molar-refractivity contribution in [2.45, 2.75) is 25.3 Å². The monoisotopic (exact) mass is 227 g/mol. The molecule has 2 fully saturated rings. The van der Waals surface area contributed by atoms with Crippen LogP contribution in [0.4, 0.5) is 0 Å². The highest BCUT2D eigenvalue weighted by molar-refractivity contribution is 6.21. The molecule has 1 aromatic rings. The zero-order chi connectivity index (χ0) is 11.6. The van der Waals surface area contributed by atoms with Crippen LogP contribution >= 0.6 is 0 Å². The van der Waals surface area contributed by atoms with Gasteiger partial charge in [-0.25, -0.2) is 0 Å². The lowest BCUT2D eigenvalue weighted by molar-refractivity contribution is 0.0578. The van der Waals surface area contributed by atoms with Crippen molar-refractivity contribution < 1.29 is 9.59 Å².